The van der Waals surface area contributed by atoms with Gasteiger partial charge in [-0.15, -0.1) is 0 Å². The molecule has 1 saturated carbocycles. The molecule has 96 valence electrons. The fraction of sp³-hybridized carbons (Fsp3) is 0.417. The molecular weight excluding hydrogens is 236 g/mol. The summed E-state index contributed by atoms with van der Waals surface area (Å²) in [5.74, 6) is 0.701. The predicted molar refractivity (Wildman–Crippen MR) is 65.5 cm³/mol. The second-order valence-corrected chi connectivity index (χ2v) is 4.45. The van der Waals surface area contributed by atoms with Crippen LogP contribution in [0.25, 0.3) is 0 Å². The molecule has 2 rings (SSSR count). The molecule has 0 heterocycles. The molecule has 6 nitrogen and oxygen atoms in total. The third-order valence-electron chi connectivity index (χ3n) is 3.10. The molecule has 1 aliphatic rings. The van der Waals surface area contributed by atoms with Gasteiger partial charge in [-0.05, 0) is 18.4 Å². The number of non-ortho nitro benzene ring substituents is 1. The number of rotatable bonds is 4. The van der Waals surface area contributed by atoms with E-state index in [0.717, 1.165) is 6.42 Å². The van der Waals surface area contributed by atoms with Gasteiger partial charge in [-0.2, -0.15) is 0 Å². The number of anilines is 1. The van der Waals surface area contributed by atoms with Crippen LogP contribution in [0.2, 0.25) is 0 Å². The lowest BCUT2D eigenvalue weighted by atomic mass is 10.2. The Balaban J connectivity index is 2.21. The van der Waals surface area contributed by atoms with E-state index < -0.39 is 4.92 Å². The Morgan fingerprint density at radius 3 is 2.72 bits per heavy atom. The van der Waals surface area contributed by atoms with E-state index in [1.54, 1.807) is 0 Å². The van der Waals surface area contributed by atoms with Crippen LogP contribution in [-0.2, 0) is 4.79 Å². The Bertz CT molecular complexity index is 501. The third kappa shape index (κ3) is 2.42. The van der Waals surface area contributed by atoms with Crippen molar-refractivity contribution in [2.75, 3.05) is 12.4 Å². The minimum Gasteiger partial charge on any atom is -0.495 e. The summed E-state index contributed by atoms with van der Waals surface area (Å²) in [6.45, 7) is 1.99. The van der Waals surface area contributed by atoms with E-state index in [1.807, 2.05) is 6.92 Å². The number of hydrogen-bond donors (Lipinski definition) is 1. The van der Waals surface area contributed by atoms with Crippen molar-refractivity contribution in [3.05, 3.63) is 28.3 Å². The van der Waals surface area contributed by atoms with Gasteiger partial charge in [-0.25, -0.2) is 0 Å². The molecule has 1 N–H and O–H groups in total. The summed E-state index contributed by atoms with van der Waals surface area (Å²) in [6, 6.07) is 4.13. The molecule has 1 fully saturated rings. The highest BCUT2D eigenvalue weighted by Crippen LogP contribution is 2.39. The SMILES string of the molecule is COc1ccc([N+](=O)[O-])cc1NC(=O)[C@H]1C[C@@H]1C. The molecule has 1 aromatic rings. The number of nitro groups is 1. The van der Waals surface area contributed by atoms with E-state index in [1.165, 1.54) is 25.3 Å². The minimum atomic E-state index is -0.505. The van der Waals surface area contributed by atoms with Crippen LogP contribution in [-0.4, -0.2) is 17.9 Å². The Morgan fingerprint density at radius 1 is 1.56 bits per heavy atom. The minimum absolute atomic E-state index is 0.00830. The van der Waals surface area contributed by atoms with Crippen LogP contribution in [0.15, 0.2) is 18.2 Å². The van der Waals surface area contributed by atoms with E-state index >= 15 is 0 Å². The maximum atomic E-state index is 11.8. The summed E-state index contributed by atoms with van der Waals surface area (Å²) in [5.41, 5.74) is 0.269. The molecule has 0 unspecified atom stereocenters. The third-order valence-corrected chi connectivity index (χ3v) is 3.10. The standard InChI is InChI=1S/C12H14N2O4/c1-7-5-9(7)12(15)13-10-6-8(14(16)17)3-4-11(10)18-2/h3-4,6-7,9H,5H2,1-2H3,(H,13,15)/t7-,9-/m0/s1. The summed E-state index contributed by atoms with van der Waals surface area (Å²) in [6.07, 6.45) is 0.864. The summed E-state index contributed by atoms with van der Waals surface area (Å²) in [5, 5.41) is 13.4. The first kappa shape index (κ1) is 12.3. The van der Waals surface area contributed by atoms with Gasteiger partial charge < -0.3 is 10.1 Å². The second-order valence-electron chi connectivity index (χ2n) is 4.45. The Kier molecular flexibility index (Phi) is 3.18. The number of nitro benzene ring substituents is 1. The normalized spacial score (nSPS) is 21.2. The number of amides is 1. The number of nitrogens with one attached hydrogen (secondary N) is 1. The highest BCUT2D eigenvalue weighted by molar-refractivity contribution is 5.96. The van der Waals surface area contributed by atoms with Gasteiger partial charge in [0, 0.05) is 18.1 Å². The summed E-state index contributed by atoms with van der Waals surface area (Å²) in [7, 11) is 1.45. The molecule has 1 amide bonds. The molecule has 0 aromatic heterocycles. The van der Waals surface area contributed by atoms with Crippen LogP contribution in [0.3, 0.4) is 0 Å². The Labute approximate surface area is 104 Å². The van der Waals surface area contributed by atoms with E-state index in [4.69, 9.17) is 4.74 Å². The number of carbonyl (C=O) groups excluding carboxylic acids is 1. The van der Waals surface area contributed by atoms with E-state index in [9.17, 15) is 14.9 Å². The molecule has 0 radical (unpaired) electrons. The van der Waals surface area contributed by atoms with Gasteiger partial charge in [0.1, 0.15) is 5.75 Å². The van der Waals surface area contributed by atoms with Crippen molar-refractivity contribution >= 4 is 17.3 Å². The number of ether oxygens (including phenoxy) is 1. The highest BCUT2D eigenvalue weighted by Gasteiger charge is 2.39. The van der Waals surface area contributed by atoms with Crippen molar-refractivity contribution in [1.29, 1.82) is 0 Å². The molecule has 0 bridgehead atoms. The van der Waals surface area contributed by atoms with Crippen molar-refractivity contribution in [1.82, 2.24) is 0 Å². The summed E-state index contributed by atoms with van der Waals surface area (Å²) >= 11 is 0. The van der Waals surface area contributed by atoms with E-state index in [0.29, 0.717) is 17.4 Å². The first-order valence-corrected chi connectivity index (χ1v) is 5.66. The van der Waals surface area contributed by atoms with Crippen molar-refractivity contribution in [2.24, 2.45) is 11.8 Å². The fourth-order valence-electron chi connectivity index (χ4n) is 1.82. The Morgan fingerprint density at radius 2 is 2.22 bits per heavy atom. The van der Waals surface area contributed by atoms with Crippen LogP contribution < -0.4 is 10.1 Å². The van der Waals surface area contributed by atoms with Crippen molar-refractivity contribution in [3.63, 3.8) is 0 Å². The van der Waals surface area contributed by atoms with Gasteiger partial charge in [0.2, 0.25) is 5.91 Å². The zero-order valence-corrected chi connectivity index (χ0v) is 10.2. The van der Waals surface area contributed by atoms with Gasteiger partial charge in [0.25, 0.3) is 5.69 Å². The maximum Gasteiger partial charge on any atom is 0.271 e. The summed E-state index contributed by atoms with van der Waals surface area (Å²) < 4.78 is 5.07. The van der Waals surface area contributed by atoms with E-state index in [-0.39, 0.29) is 17.5 Å². The van der Waals surface area contributed by atoms with Gasteiger partial charge in [-0.1, -0.05) is 6.92 Å². The Hall–Kier alpha value is -2.11. The first-order chi connectivity index (χ1) is 8.52. The van der Waals surface area contributed by atoms with Gasteiger partial charge in [0.15, 0.2) is 0 Å². The zero-order chi connectivity index (χ0) is 13.3. The van der Waals surface area contributed by atoms with Gasteiger partial charge >= 0.3 is 0 Å². The van der Waals surface area contributed by atoms with Crippen molar-refractivity contribution in [2.45, 2.75) is 13.3 Å². The molecule has 0 aliphatic heterocycles. The second kappa shape index (κ2) is 4.64. The maximum absolute atomic E-state index is 11.8. The molecule has 18 heavy (non-hydrogen) atoms. The van der Waals surface area contributed by atoms with Crippen molar-refractivity contribution < 1.29 is 14.5 Å². The molecule has 1 aliphatic carbocycles. The number of benzene rings is 1. The molecule has 2 atom stereocenters. The molecule has 0 spiro atoms. The van der Waals surface area contributed by atoms with E-state index in [2.05, 4.69) is 5.32 Å². The average Bonchev–Trinajstić information content (AvgIpc) is 3.06. The fourth-order valence-corrected chi connectivity index (χ4v) is 1.82. The van der Waals surface area contributed by atoms with Crippen LogP contribution in [0.5, 0.6) is 5.75 Å². The monoisotopic (exact) mass is 250 g/mol. The first-order valence-electron chi connectivity index (χ1n) is 5.66. The topological polar surface area (TPSA) is 81.5 Å². The predicted octanol–water partition coefficient (Wildman–Crippen LogP) is 2.20. The quantitative estimate of drug-likeness (QED) is 0.656. The lowest BCUT2D eigenvalue weighted by Gasteiger charge is -2.09. The van der Waals surface area contributed by atoms with Crippen LogP contribution >= 0.6 is 0 Å². The number of nitrogens with zero attached hydrogens (tertiary/aromatic N) is 1. The van der Waals surface area contributed by atoms with Crippen LogP contribution in [0.4, 0.5) is 11.4 Å². The van der Waals surface area contributed by atoms with Crippen LogP contribution in [0.1, 0.15) is 13.3 Å². The lowest BCUT2D eigenvalue weighted by molar-refractivity contribution is -0.384. The largest absolute Gasteiger partial charge is 0.495 e. The van der Waals surface area contributed by atoms with Gasteiger partial charge in [-0.3, -0.25) is 14.9 Å². The number of methoxy groups -OCH3 is 1. The molecular formula is C12H14N2O4. The number of carbonyl (C=O) groups is 1. The average molecular weight is 250 g/mol. The number of hydrogen-bond acceptors (Lipinski definition) is 4. The highest BCUT2D eigenvalue weighted by atomic mass is 16.6. The molecule has 1 aromatic carbocycles. The van der Waals surface area contributed by atoms with Gasteiger partial charge in [0.05, 0.1) is 17.7 Å². The summed E-state index contributed by atoms with van der Waals surface area (Å²) in [4.78, 5) is 22.0. The smallest absolute Gasteiger partial charge is 0.271 e. The lowest BCUT2D eigenvalue weighted by Crippen LogP contribution is -2.15. The van der Waals surface area contributed by atoms with Crippen LogP contribution in [0, 0.1) is 22.0 Å². The molecule has 0 saturated heterocycles. The van der Waals surface area contributed by atoms with Crippen molar-refractivity contribution in [3.8, 4) is 5.75 Å². The zero-order valence-electron chi connectivity index (χ0n) is 10.2. The molecule has 6 heteroatoms.